The van der Waals surface area contributed by atoms with Gasteiger partial charge in [0.1, 0.15) is 5.75 Å². The number of nitrogens with one attached hydrogen (secondary N) is 1. The molecule has 1 aromatic heterocycles. The average Bonchev–Trinajstić information content (AvgIpc) is 3.09. The standard InChI is InChI=1S/C18H19N3O2/c22-18(21-20-13-14-4-3-11-19-12-14)15-7-9-17(10-8-15)23-16-5-1-2-6-16/h3-4,7-13,16H,1-2,5-6H2,(H,21,22). The highest BCUT2D eigenvalue weighted by molar-refractivity contribution is 5.94. The van der Waals surface area contributed by atoms with Gasteiger partial charge < -0.3 is 4.74 Å². The zero-order valence-corrected chi connectivity index (χ0v) is 12.8. The van der Waals surface area contributed by atoms with Gasteiger partial charge in [-0.3, -0.25) is 9.78 Å². The summed E-state index contributed by atoms with van der Waals surface area (Å²) in [6.07, 6.45) is 9.94. The molecule has 1 N–H and O–H groups in total. The fraction of sp³-hybridized carbons (Fsp3) is 0.278. The second-order valence-electron chi connectivity index (χ2n) is 5.53. The number of ether oxygens (including phenoxy) is 1. The summed E-state index contributed by atoms with van der Waals surface area (Å²) in [4.78, 5) is 16.0. The van der Waals surface area contributed by atoms with Crippen LogP contribution in [0.4, 0.5) is 0 Å². The maximum atomic E-state index is 12.0. The highest BCUT2D eigenvalue weighted by atomic mass is 16.5. The highest BCUT2D eigenvalue weighted by Crippen LogP contribution is 2.24. The monoisotopic (exact) mass is 309 g/mol. The van der Waals surface area contributed by atoms with Crippen molar-refractivity contribution in [1.29, 1.82) is 0 Å². The third-order valence-corrected chi connectivity index (χ3v) is 3.79. The summed E-state index contributed by atoms with van der Waals surface area (Å²) in [5, 5.41) is 3.93. The normalized spacial score (nSPS) is 15.0. The first-order chi connectivity index (χ1) is 11.3. The van der Waals surface area contributed by atoms with E-state index in [-0.39, 0.29) is 5.91 Å². The molecule has 1 aromatic carbocycles. The molecule has 23 heavy (non-hydrogen) atoms. The number of pyridine rings is 1. The molecule has 0 unspecified atom stereocenters. The number of rotatable bonds is 5. The van der Waals surface area contributed by atoms with E-state index in [1.807, 2.05) is 24.3 Å². The van der Waals surface area contributed by atoms with Crippen LogP contribution in [-0.4, -0.2) is 23.2 Å². The van der Waals surface area contributed by atoms with E-state index in [1.54, 1.807) is 30.7 Å². The number of hydrogen-bond donors (Lipinski definition) is 1. The molecule has 1 saturated carbocycles. The van der Waals surface area contributed by atoms with Crippen molar-refractivity contribution in [2.75, 3.05) is 0 Å². The Morgan fingerprint density at radius 2 is 2.00 bits per heavy atom. The van der Waals surface area contributed by atoms with Crippen LogP contribution in [0.25, 0.3) is 0 Å². The van der Waals surface area contributed by atoms with Crippen LogP contribution in [0, 0.1) is 0 Å². The summed E-state index contributed by atoms with van der Waals surface area (Å²) >= 11 is 0. The Kier molecular flexibility index (Phi) is 4.99. The number of hydrazone groups is 1. The Labute approximate surface area is 135 Å². The molecule has 0 bridgehead atoms. The van der Waals surface area contributed by atoms with Crippen LogP contribution in [0.2, 0.25) is 0 Å². The fourth-order valence-electron chi connectivity index (χ4n) is 2.57. The Morgan fingerprint density at radius 1 is 1.22 bits per heavy atom. The predicted molar refractivity (Wildman–Crippen MR) is 88.6 cm³/mol. The van der Waals surface area contributed by atoms with Crippen LogP contribution in [0.15, 0.2) is 53.9 Å². The minimum atomic E-state index is -0.252. The van der Waals surface area contributed by atoms with Gasteiger partial charge in [0.25, 0.3) is 5.91 Å². The van der Waals surface area contributed by atoms with E-state index in [9.17, 15) is 4.79 Å². The maximum absolute atomic E-state index is 12.0. The van der Waals surface area contributed by atoms with Crippen LogP contribution in [0.3, 0.4) is 0 Å². The van der Waals surface area contributed by atoms with Gasteiger partial charge in [-0.25, -0.2) is 5.43 Å². The van der Waals surface area contributed by atoms with Gasteiger partial charge in [-0.2, -0.15) is 5.10 Å². The molecule has 0 spiro atoms. The Balaban J connectivity index is 1.54. The van der Waals surface area contributed by atoms with Crippen molar-refractivity contribution in [3.63, 3.8) is 0 Å². The number of carbonyl (C=O) groups is 1. The molecular weight excluding hydrogens is 290 g/mol. The lowest BCUT2D eigenvalue weighted by molar-refractivity contribution is 0.0955. The third kappa shape index (κ3) is 4.39. The summed E-state index contributed by atoms with van der Waals surface area (Å²) in [6.45, 7) is 0. The molecule has 1 amide bonds. The number of carbonyl (C=O) groups excluding carboxylic acids is 1. The third-order valence-electron chi connectivity index (χ3n) is 3.79. The molecule has 0 atom stereocenters. The molecule has 2 aromatic rings. The Morgan fingerprint density at radius 3 is 2.70 bits per heavy atom. The fourth-order valence-corrected chi connectivity index (χ4v) is 2.57. The van der Waals surface area contributed by atoms with Gasteiger partial charge in [-0.1, -0.05) is 6.07 Å². The first-order valence-corrected chi connectivity index (χ1v) is 7.81. The van der Waals surface area contributed by atoms with Gasteiger partial charge in [-0.15, -0.1) is 0 Å². The van der Waals surface area contributed by atoms with Gasteiger partial charge in [0, 0.05) is 23.5 Å². The number of aromatic nitrogens is 1. The maximum Gasteiger partial charge on any atom is 0.271 e. The summed E-state index contributed by atoms with van der Waals surface area (Å²) in [6, 6.07) is 10.8. The van der Waals surface area contributed by atoms with E-state index in [4.69, 9.17) is 4.74 Å². The number of benzene rings is 1. The number of nitrogens with zero attached hydrogens (tertiary/aromatic N) is 2. The second-order valence-corrected chi connectivity index (χ2v) is 5.53. The van der Waals surface area contributed by atoms with Crippen LogP contribution >= 0.6 is 0 Å². The predicted octanol–water partition coefficient (Wildman–Crippen LogP) is 3.17. The molecule has 1 fully saturated rings. The van der Waals surface area contributed by atoms with Crippen molar-refractivity contribution in [3.05, 3.63) is 59.9 Å². The lowest BCUT2D eigenvalue weighted by Crippen LogP contribution is -2.17. The zero-order valence-electron chi connectivity index (χ0n) is 12.8. The molecule has 5 heteroatoms. The van der Waals surface area contributed by atoms with E-state index >= 15 is 0 Å². The lowest BCUT2D eigenvalue weighted by atomic mass is 10.2. The largest absolute Gasteiger partial charge is 0.490 e. The van der Waals surface area contributed by atoms with Crippen LogP contribution in [0.5, 0.6) is 5.75 Å². The average molecular weight is 309 g/mol. The smallest absolute Gasteiger partial charge is 0.271 e. The molecule has 3 rings (SSSR count). The second kappa shape index (κ2) is 7.54. The first-order valence-electron chi connectivity index (χ1n) is 7.81. The summed E-state index contributed by atoms with van der Waals surface area (Å²) in [7, 11) is 0. The van der Waals surface area contributed by atoms with Crippen molar-refractivity contribution < 1.29 is 9.53 Å². The molecule has 1 aliphatic carbocycles. The highest BCUT2D eigenvalue weighted by Gasteiger charge is 2.16. The molecular formula is C18H19N3O2. The molecule has 0 radical (unpaired) electrons. The van der Waals surface area contributed by atoms with Gasteiger partial charge in [0.05, 0.1) is 12.3 Å². The van der Waals surface area contributed by atoms with Gasteiger partial charge in [0.15, 0.2) is 0 Å². The molecule has 1 heterocycles. The molecule has 5 nitrogen and oxygen atoms in total. The summed E-state index contributed by atoms with van der Waals surface area (Å²) < 4.78 is 5.88. The van der Waals surface area contributed by atoms with Crippen LogP contribution in [-0.2, 0) is 0 Å². The molecule has 1 aliphatic rings. The van der Waals surface area contributed by atoms with E-state index in [1.165, 1.54) is 12.8 Å². The van der Waals surface area contributed by atoms with Gasteiger partial charge >= 0.3 is 0 Å². The quantitative estimate of drug-likeness (QED) is 0.681. The van der Waals surface area contributed by atoms with Crippen molar-refractivity contribution in [1.82, 2.24) is 10.4 Å². The molecule has 0 aliphatic heterocycles. The van der Waals surface area contributed by atoms with E-state index < -0.39 is 0 Å². The number of hydrogen-bond acceptors (Lipinski definition) is 4. The Hall–Kier alpha value is -2.69. The minimum Gasteiger partial charge on any atom is -0.490 e. The Bertz CT molecular complexity index is 662. The van der Waals surface area contributed by atoms with Crippen molar-refractivity contribution in [2.45, 2.75) is 31.8 Å². The minimum absolute atomic E-state index is 0.252. The first kappa shape index (κ1) is 15.2. The summed E-state index contributed by atoms with van der Waals surface area (Å²) in [5.74, 6) is 0.560. The van der Waals surface area contributed by atoms with E-state index in [2.05, 4.69) is 15.5 Å². The zero-order chi connectivity index (χ0) is 15.9. The molecule has 118 valence electrons. The SMILES string of the molecule is O=C(NN=Cc1cccnc1)c1ccc(OC2CCCC2)cc1. The van der Waals surface area contributed by atoms with Gasteiger partial charge in [0.2, 0.25) is 0 Å². The van der Waals surface area contributed by atoms with Crippen molar-refractivity contribution in [2.24, 2.45) is 5.10 Å². The van der Waals surface area contributed by atoms with Crippen molar-refractivity contribution >= 4 is 12.1 Å². The topological polar surface area (TPSA) is 63.6 Å². The summed E-state index contributed by atoms with van der Waals surface area (Å²) in [5.41, 5.74) is 3.88. The van der Waals surface area contributed by atoms with Crippen LogP contribution < -0.4 is 10.2 Å². The van der Waals surface area contributed by atoms with Crippen molar-refractivity contribution in [3.8, 4) is 5.75 Å². The molecule has 0 saturated heterocycles. The van der Waals surface area contributed by atoms with Crippen LogP contribution in [0.1, 0.15) is 41.6 Å². The van der Waals surface area contributed by atoms with E-state index in [0.29, 0.717) is 11.7 Å². The van der Waals surface area contributed by atoms with Gasteiger partial charge in [-0.05, 0) is 56.0 Å². The van der Waals surface area contributed by atoms with E-state index in [0.717, 1.165) is 24.2 Å². The number of amides is 1. The lowest BCUT2D eigenvalue weighted by Gasteiger charge is -2.12.